The molecule has 0 spiro atoms. The molecule has 0 radical (unpaired) electrons. The second-order valence-corrected chi connectivity index (χ2v) is 6.55. The van der Waals surface area contributed by atoms with Crippen molar-refractivity contribution in [3.05, 3.63) is 53.2 Å². The van der Waals surface area contributed by atoms with Crippen LogP contribution in [0.3, 0.4) is 0 Å². The maximum absolute atomic E-state index is 12.6. The van der Waals surface area contributed by atoms with Gasteiger partial charge in [-0.25, -0.2) is 4.98 Å². The number of carbonyl (C=O) groups is 1. The van der Waals surface area contributed by atoms with Gasteiger partial charge in [-0.1, -0.05) is 17.7 Å². The number of piperidine rings is 1. The molecule has 1 aromatic carbocycles. The summed E-state index contributed by atoms with van der Waals surface area (Å²) in [6.45, 7) is 2.06. The molecule has 0 aliphatic carbocycles. The summed E-state index contributed by atoms with van der Waals surface area (Å²) in [5, 5.41) is 6.88. The van der Waals surface area contributed by atoms with E-state index >= 15 is 0 Å². The van der Waals surface area contributed by atoms with Crippen molar-refractivity contribution in [3.63, 3.8) is 0 Å². The average Bonchev–Trinajstić information content (AvgIpc) is 2.55. The molecule has 1 atom stereocenters. The van der Waals surface area contributed by atoms with Crippen molar-refractivity contribution in [2.45, 2.75) is 18.9 Å². The van der Waals surface area contributed by atoms with Crippen molar-refractivity contribution in [2.24, 2.45) is 0 Å². The number of hydrogen-bond donors (Lipinski definition) is 2. The first-order valence-corrected chi connectivity index (χ1v) is 8.46. The number of amides is 1. The van der Waals surface area contributed by atoms with Gasteiger partial charge in [-0.2, -0.15) is 0 Å². The van der Waals surface area contributed by atoms with E-state index in [1.165, 1.54) is 0 Å². The minimum absolute atomic E-state index is 0.197. The third-order valence-corrected chi connectivity index (χ3v) is 4.34. The molecule has 1 aliphatic rings. The van der Waals surface area contributed by atoms with E-state index in [0.29, 0.717) is 28.1 Å². The normalized spacial score (nSPS) is 18.2. The smallest absolute Gasteiger partial charge is 0.259 e. The number of halogens is 1. The number of nitrogens with zero attached hydrogens (tertiary/aromatic N) is 2. The Kier molecular flexibility index (Phi) is 5.33. The first-order valence-electron chi connectivity index (χ1n) is 8.09. The largest absolute Gasteiger partial charge is 0.365 e. The van der Waals surface area contributed by atoms with Gasteiger partial charge in [-0.15, -0.1) is 0 Å². The van der Waals surface area contributed by atoms with Crippen LogP contribution in [-0.4, -0.2) is 42.0 Å². The summed E-state index contributed by atoms with van der Waals surface area (Å²) in [7, 11) is 2.11. The number of anilines is 2. The molecule has 0 bridgehead atoms. The summed E-state index contributed by atoms with van der Waals surface area (Å²) in [5.74, 6) is 0.425. The Morgan fingerprint density at radius 2 is 2.21 bits per heavy atom. The van der Waals surface area contributed by atoms with E-state index in [4.69, 9.17) is 11.6 Å². The van der Waals surface area contributed by atoms with E-state index in [1.807, 2.05) is 6.07 Å². The average molecular weight is 345 g/mol. The predicted molar refractivity (Wildman–Crippen MR) is 97.8 cm³/mol. The van der Waals surface area contributed by atoms with Gasteiger partial charge < -0.3 is 15.5 Å². The third kappa shape index (κ3) is 4.24. The van der Waals surface area contributed by atoms with Crippen LogP contribution in [0.4, 0.5) is 11.5 Å². The molecule has 1 aliphatic heterocycles. The van der Waals surface area contributed by atoms with Crippen LogP contribution in [0.15, 0.2) is 42.6 Å². The maximum Gasteiger partial charge on any atom is 0.259 e. The van der Waals surface area contributed by atoms with Crippen LogP contribution in [0, 0.1) is 0 Å². The Morgan fingerprint density at radius 3 is 3.00 bits per heavy atom. The van der Waals surface area contributed by atoms with Crippen LogP contribution in [-0.2, 0) is 0 Å². The Balaban J connectivity index is 1.74. The van der Waals surface area contributed by atoms with E-state index in [2.05, 4.69) is 27.6 Å². The molecule has 1 saturated heterocycles. The molecule has 1 amide bonds. The molecule has 2 N–H and O–H groups in total. The van der Waals surface area contributed by atoms with Crippen molar-refractivity contribution in [1.29, 1.82) is 0 Å². The highest BCUT2D eigenvalue weighted by atomic mass is 35.5. The number of carbonyl (C=O) groups excluding carboxylic acids is 1. The molecular weight excluding hydrogens is 324 g/mol. The third-order valence-electron chi connectivity index (χ3n) is 4.10. The van der Waals surface area contributed by atoms with Gasteiger partial charge in [-0.3, -0.25) is 4.79 Å². The minimum Gasteiger partial charge on any atom is -0.365 e. The maximum atomic E-state index is 12.6. The fraction of sp³-hybridized carbons (Fsp3) is 0.333. The number of pyridine rings is 1. The Morgan fingerprint density at radius 1 is 1.33 bits per heavy atom. The highest BCUT2D eigenvalue weighted by Crippen LogP contribution is 2.20. The van der Waals surface area contributed by atoms with Crippen LogP contribution in [0.5, 0.6) is 0 Å². The molecule has 2 heterocycles. The summed E-state index contributed by atoms with van der Waals surface area (Å²) in [6, 6.07) is 11.0. The number of aromatic nitrogens is 1. The van der Waals surface area contributed by atoms with Crippen LogP contribution in [0.1, 0.15) is 23.2 Å². The fourth-order valence-electron chi connectivity index (χ4n) is 2.95. The molecule has 1 aromatic heterocycles. The van der Waals surface area contributed by atoms with Crippen molar-refractivity contribution in [3.8, 4) is 0 Å². The number of nitrogens with one attached hydrogen (secondary N) is 2. The number of hydrogen-bond acceptors (Lipinski definition) is 4. The second-order valence-electron chi connectivity index (χ2n) is 6.11. The first kappa shape index (κ1) is 16.7. The van der Waals surface area contributed by atoms with E-state index in [0.717, 1.165) is 25.9 Å². The lowest BCUT2D eigenvalue weighted by molar-refractivity contribution is 0.102. The summed E-state index contributed by atoms with van der Waals surface area (Å²) >= 11 is 5.97. The molecule has 6 heteroatoms. The molecule has 5 nitrogen and oxygen atoms in total. The zero-order chi connectivity index (χ0) is 16.9. The van der Waals surface area contributed by atoms with Gasteiger partial charge >= 0.3 is 0 Å². The second kappa shape index (κ2) is 7.64. The quantitative estimate of drug-likeness (QED) is 0.891. The Hall–Kier alpha value is -2.11. The highest BCUT2D eigenvalue weighted by molar-refractivity contribution is 6.31. The van der Waals surface area contributed by atoms with Crippen molar-refractivity contribution >= 4 is 29.0 Å². The van der Waals surface area contributed by atoms with Crippen LogP contribution in [0.25, 0.3) is 0 Å². The lowest BCUT2D eigenvalue weighted by Crippen LogP contribution is -2.40. The summed E-state index contributed by atoms with van der Waals surface area (Å²) in [4.78, 5) is 19.3. The lowest BCUT2D eigenvalue weighted by atomic mass is 10.1. The molecule has 24 heavy (non-hydrogen) atoms. The van der Waals surface area contributed by atoms with Gasteiger partial charge in [0.05, 0.1) is 5.56 Å². The highest BCUT2D eigenvalue weighted by Gasteiger charge is 2.20. The number of likely N-dealkylation sites (N-methyl/N-ethyl adjacent to an activating group) is 1. The van der Waals surface area contributed by atoms with E-state index in [1.54, 1.807) is 36.5 Å². The molecule has 2 aromatic rings. The van der Waals surface area contributed by atoms with Crippen molar-refractivity contribution in [2.75, 3.05) is 30.8 Å². The topological polar surface area (TPSA) is 57.3 Å². The van der Waals surface area contributed by atoms with Crippen LogP contribution in [0.2, 0.25) is 5.02 Å². The standard InChI is InChI=1S/C18H21ClN4O/c1-23-10-4-7-15(12-23)21-17-16(8-3-9-20-17)18(24)22-14-6-2-5-13(19)11-14/h2-3,5-6,8-9,11,15H,4,7,10,12H2,1H3,(H,20,21)(H,22,24)/t15-/m0/s1. The van der Waals surface area contributed by atoms with Gasteiger partial charge in [0.15, 0.2) is 0 Å². The molecule has 3 rings (SSSR count). The lowest BCUT2D eigenvalue weighted by Gasteiger charge is -2.30. The first-order chi connectivity index (χ1) is 11.6. The molecule has 0 saturated carbocycles. The number of rotatable bonds is 4. The van der Waals surface area contributed by atoms with Crippen molar-refractivity contribution < 1.29 is 4.79 Å². The summed E-state index contributed by atoms with van der Waals surface area (Å²) in [6.07, 6.45) is 3.92. The number of likely N-dealkylation sites (tertiary alicyclic amines) is 1. The SMILES string of the molecule is CN1CCC[C@H](Nc2ncccc2C(=O)Nc2cccc(Cl)c2)C1. The van der Waals surface area contributed by atoms with Gasteiger partial charge in [0.2, 0.25) is 0 Å². The van der Waals surface area contributed by atoms with Gasteiger partial charge in [-0.05, 0) is 56.8 Å². The zero-order valence-electron chi connectivity index (χ0n) is 13.6. The fourth-order valence-corrected chi connectivity index (χ4v) is 3.14. The van der Waals surface area contributed by atoms with Gasteiger partial charge in [0.25, 0.3) is 5.91 Å². The molecular formula is C18H21ClN4O. The van der Waals surface area contributed by atoms with E-state index in [9.17, 15) is 4.79 Å². The minimum atomic E-state index is -0.197. The molecule has 0 unspecified atom stereocenters. The monoisotopic (exact) mass is 344 g/mol. The van der Waals surface area contributed by atoms with Gasteiger partial charge in [0, 0.05) is 29.5 Å². The number of benzene rings is 1. The van der Waals surface area contributed by atoms with Crippen molar-refractivity contribution in [1.82, 2.24) is 9.88 Å². The zero-order valence-corrected chi connectivity index (χ0v) is 14.4. The van der Waals surface area contributed by atoms with Gasteiger partial charge in [0.1, 0.15) is 5.82 Å². The Labute approximate surface area is 147 Å². The molecule has 126 valence electrons. The summed E-state index contributed by atoms with van der Waals surface area (Å²) in [5.41, 5.74) is 1.20. The van der Waals surface area contributed by atoms with Crippen LogP contribution < -0.4 is 10.6 Å². The van der Waals surface area contributed by atoms with E-state index in [-0.39, 0.29) is 5.91 Å². The Bertz CT molecular complexity index is 722. The van der Waals surface area contributed by atoms with Crippen LogP contribution >= 0.6 is 11.6 Å². The van der Waals surface area contributed by atoms with E-state index < -0.39 is 0 Å². The summed E-state index contributed by atoms with van der Waals surface area (Å²) < 4.78 is 0. The predicted octanol–water partition coefficient (Wildman–Crippen LogP) is 3.49. The molecule has 1 fully saturated rings.